The van der Waals surface area contributed by atoms with E-state index >= 15 is 0 Å². The summed E-state index contributed by atoms with van der Waals surface area (Å²) in [6.45, 7) is 0. The zero-order chi connectivity index (χ0) is 19.5. The van der Waals surface area contributed by atoms with Gasteiger partial charge in [0, 0.05) is 28.4 Å². The van der Waals surface area contributed by atoms with E-state index < -0.39 is 12.0 Å². The summed E-state index contributed by atoms with van der Waals surface area (Å²) >= 11 is 0. The van der Waals surface area contributed by atoms with Crippen LogP contribution in [0.4, 0.5) is 5.69 Å². The van der Waals surface area contributed by atoms with E-state index in [0.717, 1.165) is 0 Å². The van der Waals surface area contributed by atoms with Gasteiger partial charge in [0.2, 0.25) is 5.43 Å². The van der Waals surface area contributed by atoms with Gasteiger partial charge in [-0.2, -0.15) is 0 Å². The number of nitrogens with one attached hydrogen (secondary N) is 2. The zero-order valence-corrected chi connectivity index (χ0v) is 14.9. The van der Waals surface area contributed by atoms with Crippen molar-refractivity contribution in [3.05, 3.63) is 112 Å². The zero-order valence-electron chi connectivity index (χ0n) is 14.9. The van der Waals surface area contributed by atoms with Crippen molar-refractivity contribution in [2.45, 2.75) is 6.10 Å². The Labute approximate surface area is 161 Å². The van der Waals surface area contributed by atoms with Crippen molar-refractivity contribution < 1.29 is 9.90 Å². The number of anilines is 1. The molecular weight excluding hydrogens is 352 g/mol. The number of aromatic amines is 1. The minimum absolute atomic E-state index is 0.0164. The molecule has 1 unspecified atom stereocenters. The molecule has 0 fully saturated rings. The Kier molecular flexibility index (Phi) is 4.74. The Morgan fingerprint density at radius 3 is 2.39 bits per heavy atom. The molecule has 5 nitrogen and oxygen atoms in total. The number of pyridine rings is 1. The third-order valence-corrected chi connectivity index (χ3v) is 4.65. The van der Waals surface area contributed by atoms with Crippen LogP contribution in [0.3, 0.4) is 0 Å². The highest BCUT2D eigenvalue weighted by Crippen LogP contribution is 2.28. The summed E-state index contributed by atoms with van der Waals surface area (Å²) in [5.74, 6) is -0.528. The molecule has 1 aromatic heterocycles. The Morgan fingerprint density at radius 1 is 0.893 bits per heavy atom. The molecule has 5 heteroatoms. The number of carbonyl (C=O) groups is 1. The van der Waals surface area contributed by atoms with Crippen molar-refractivity contribution in [1.82, 2.24) is 4.98 Å². The second kappa shape index (κ2) is 7.50. The Hall–Kier alpha value is -3.70. The number of amides is 1. The molecule has 28 heavy (non-hydrogen) atoms. The van der Waals surface area contributed by atoms with E-state index in [1.165, 1.54) is 6.20 Å². The molecule has 0 saturated carbocycles. The van der Waals surface area contributed by atoms with Crippen molar-refractivity contribution in [2.75, 3.05) is 5.32 Å². The number of aliphatic hydroxyl groups is 1. The summed E-state index contributed by atoms with van der Waals surface area (Å²) < 4.78 is 0. The van der Waals surface area contributed by atoms with E-state index in [1.54, 1.807) is 42.5 Å². The molecule has 138 valence electrons. The Morgan fingerprint density at radius 2 is 1.57 bits per heavy atom. The van der Waals surface area contributed by atoms with Gasteiger partial charge in [-0.05, 0) is 23.8 Å². The molecule has 1 heterocycles. The van der Waals surface area contributed by atoms with Crippen LogP contribution in [0.15, 0.2) is 89.9 Å². The number of para-hydroxylation sites is 2. The second-order valence-electron chi connectivity index (χ2n) is 6.43. The van der Waals surface area contributed by atoms with Gasteiger partial charge in [0.25, 0.3) is 5.91 Å². The molecule has 1 atom stereocenters. The van der Waals surface area contributed by atoms with Crippen LogP contribution >= 0.6 is 0 Å². The number of benzene rings is 3. The normalized spacial score (nSPS) is 11.9. The number of rotatable bonds is 4. The summed E-state index contributed by atoms with van der Waals surface area (Å²) in [5.41, 5.74) is 2.07. The van der Waals surface area contributed by atoms with Crippen LogP contribution in [-0.2, 0) is 0 Å². The highest BCUT2D eigenvalue weighted by molar-refractivity contribution is 6.06. The number of H-pyrrole nitrogens is 1. The summed E-state index contributed by atoms with van der Waals surface area (Å²) in [5, 5.41) is 13.9. The third-order valence-electron chi connectivity index (χ3n) is 4.65. The molecule has 4 rings (SSSR count). The fourth-order valence-electron chi connectivity index (χ4n) is 3.19. The van der Waals surface area contributed by atoms with Gasteiger partial charge in [0.05, 0.1) is 0 Å². The van der Waals surface area contributed by atoms with E-state index in [4.69, 9.17) is 0 Å². The molecule has 0 aliphatic rings. The third kappa shape index (κ3) is 3.31. The molecule has 0 spiro atoms. The van der Waals surface area contributed by atoms with E-state index in [9.17, 15) is 14.7 Å². The average molecular weight is 370 g/mol. The van der Waals surface area contributed by atoms with E-state index in [0.29, 0.717) is 27.7 Å². The molecule has 0 saturated heterocycles. The van der Waals surface area contributed by atoms with Crippen molar-refractivity contribution in [3.8, 4) is 0 Å². The summed E-state index contributed by atoms with van der Waals surface area (Å²) in [6.07, 6.45) is 0.517. The molecule has 1 amide bonds. The summed E-state index contributed by atoms with van der Waals surface area (Å²) in [4.78, 5) is 28.4. The fourth-order valence-corrected chi connectivity index (χ4v) is 3.19. The van der Waals surface area contributed by atoms with Gasteiger partial charge in [-0.3, -0.25) is 9.59 Å². The molecule has 4 aromatic rings. The lowest BCUT2D eigenvalue weighted by molar-refractivity contribution is 0.102. The lowest BCUT2D eigenvalue weighted by Gasteiger charge is -2.16. The summed E-state index contributed by atoms with van der Waals surface area (Å²) in [6, 6.07) is 23.2. The van der Waals surface area contributed by atoms with Crippen LogP contribution in [0.2, 0.25) is 0 Å². The van der Waals surface area contributed by atoms with Gasteiger partial charge >= 0.3 is 0 Å². The smallest absolute Gasteiger partial charge is 0.261 e. The number of aliphatic hydroxyl groups excluding tert-OH is 1. The van der Waals surface area contributed by atoms with Crippen molar-refractivity contribution >= 4 is 22.5 Å². The van der Waals surface area contributed by atoms with Gasteiger partial charge < -0.3 is 15.4 Å². The van der Waals surface area contributed by atoms with Gasteiger partial charge in [0.15, 0.2) is 0 Å². The number of fused-ring (bicyclic) bond motifs is 1. The molecule has 3 N–H and O–H groups in total. The van der Waals surface area contributed by atoms with Crippen LogP contribution in [0, 0.1) is 0 Å². The van der Waals surface area contributed by atoms with Crippen LogP contribution in [-0.4, -0.2) is 16.0 Å². The van der Waals surface area contributed by atoms with Gasteiger partial charge in [0.1, 0.15) is 11.7 Å². The SMILES string of the molecule is O=C(Nc1ccccc1C(O)c1ccccc1)c1c[nH]c2ccccc2c1=O. The maximum absolute atomic E-state index is 12.8. The Bertz CT molecular complexity index is 1200. The molecule has 0 bridgehead atoms. The first kappa shape index (κ1) is 17.7. The van der Waals surface area contributed by atoms with Crippen LogP contribution < -0.4 is 10.7 Å². The lowest BCUT2D eigenvalue weighted by Crippen LogP contribution is -2.22. The highest BCUT2D eigenvalue weighted by atomic mass is 16.3. The minimum atomic E-state index is -0.896. The number of aromatic nitrogens is 1. The average Bonchev–Trinajstić information content (AvgIpc) is 2.74. The van der Waals surface area contributed by atoms with Crippen LogP contribution in [0.25, 0.3) is 10.9 Å². The largest absolute Gasteiger partial charge is 0.384 e. The standard InChI is InChI=1S/C23H18N2O3/c26-21(15-8-2-1-3-9-15)17-11-5-7-13-20(17)25-23(28)18-14-24-19-12-6-4-10-16(19)22(18)27/h1-14,21,26H,(H,24,27)(H,25,28). The topological polar surface area (TPSA) is 82.2 Å². The van der Waals surface area contributed by atoms with Gasteiger partial charge in [-0.1, -0.05) is 60.7 Å². The molecule has 0 radical (unpaired) electrons. The number of hydrogen-bond acceptors (Lipinski definition) is 3. The monoisotopic (exact) mass is 370 g/mol. The van der Waals surface area contributed by atoms with Crippen molar-refractivity contribution in [2.24, 2.45) is 0 Å². The first-order valence-corrected chi connectivity index (χ1v) is 8.89. The second-order valence-corrected chi connectivity index (χ2v) is 6.43. The van der Waals surface area contributed by atoms with Crippen molar-refractivity contribution in [3.63, 3.8) is 0 Å². The van der Waals surface area contributed by atoms with Crippen LogP contribution in [0.5, 0.6) is 0 Å². The fraction of sp³-hybridized carbons (Fsp3) is 0.0435. The lowest BCUT2D eigenvalue weighted by atomic mass is 10.00. The summed E-state index contributed by atoms with van der Waals surface area (Å²) in [7, 11) is 0. The predicted molar refractivity (Wildman–Crippen MR) is 109 cm³/mol. The van der Waals surface area contributed by atoms with Crippen molar-refractivity contribution in [1.29, 1.82) is 0 Å². The maximum Gasteiger partial charge on any atom is 0.261 e. The number of hydrogen-bond donors (Lipinski definition) is 3. The van der Waals surface area contributed by atoms with E-state index in [1.807, 2.05) is 36.4 Å². The molecule has 0 aliphatic carbocycles. The highest BCUT2D eigenvalue weighted by Gasteiger charge is 2.18. The Balaban J connectivity index is 1.68. The number of carbonyl (C=O) groups excluding carboxylic acids is 1. The van der Waals surface area contributed by atoms with Gasteiger partial charge in [-0.15, -0.1) is 0 Å². The van der Waals surface area contributed by atoms with Crippen LogP contribution in [0.1, 0.15) is 27.6 Å². The first-order chi connectivity index (χ1) is 13.6. The first-order valence-electron chi connectivity index (χ1n) is 8.89. The van der Waals surface area contributed by atoms with Gasteiger partial charge in [-0.25, -0.2) is 0 Å². The molecular formula is C23H18N2O3. The quantitative estimate of drug-likeness (QED) is 0.510. The van der Waals surface area contributed by atoms with E-state index in [2.05, 4.69) is 10.3 Å². The minimum Gasteiger partial charge on any atom is -0.384 e. The molecule has 0 aliphatic heterocycles. The predicted octanol–water partition coefficient (Wildman–Crippen LogP) is 3.86. The maximum atomic E-state index is 12.8. The molecule has 3 aromatic carbocycles. The van der Waals surface area contributed by atoms with E-state index in [-0.39, 0.29) is 11.0 Å².